The normalized spacial score (nSPS) is 13.0. The van der Waals surface area contributed by atoms with Crippen molar-refractivity contribution in [1.82, 2.24) is 5.32 Å². The third kappa shape index (κ3) is 5.04. The summed E-state index contributed by atoms with van der Waals surface area (Å²) in [6, 6.07) is 20.0. The summed E-state index contributed by atoms with van der Waals surface area (Å²) in [5.41, 5.74) is 5.95. The molecule has 0 bridgehead atoms. The molecule has 0 spiro atoms. The van der Waals surface area contributed by atoms with Crippen LogP contribution in [0.1, 0.15) is 46.8 Å². The van der Waals surface area contributed by atoms with Gasteiger partial charge in [-0.1, -0.05) is 68.4 Å². The van der Waals surface area contributed by atoms with Crippen LogP contribution in [0.15, 0.2) is 66.7 Å². The molecule has 0 aliphatic heterocycles. The molecule has 35 heavy (non-hydrogen) atoms. The van der Waals surface area contributed by atoms with E-state index in [0.717, 1.165) is 27.8 Å². The van der Waals surface area contributed by atoms with Gasteiger partial charge in [-0.3, -0.25) is 10.1 Å². The summed E-state index contributed by atoms with van der Waals surface area (Å²) in [6.07, 6.45) is -0.627. The van der Waals surface area contributed by atoms with E-state index in [1.807, 2.05) is 24.3 Å². The molecule has 0 aromatic heterocycles. The first-order chi connectivity index (χ1) is 16.8. The number of fused-ring (bicyclic) bond motifs is 3. The first kappa shape index (κ1) is 24.0. The third-order valence-corrected chi connectivity index (χ3v) is 6.30. The second-order valence-corrected chi connectivity index (χ2v) is 9.01. The van der Waals surface area contributed by atoms with Crippen molar-refractivity contribution in [2.24, 2.45) is 5.92 Å². The first-order valence-corrected chi connectivity index (χ1v) is 11.5. The van der Waals surface area contributed by atoms with Crippen molar-refractivity contribution < 1.29 is 24.2 Å². The van der Waals surface area contributed by atoms with Crippen molar-refractivity contribution in [2.45, 2.75) is 32.7 Å². The Labute approximate surface area is 204 Å². The number of carboxylic acids is 1. The van der Waals surface area contributed by atoms with Crippen molar-refractivity contribution in [3.8, 4) is 11.1 Å². The molecule has 180 valence electrons. The molecule has 1 aliphatic carbocycles. The van der Waals surface area contributed by atoms with E-state index >= 15 is 0 Å². The summed E-state index contributed by atoms with van der Waals surface area (Å²) in [4.78, 5) is 36.7. The Hall–Kier alpha value is -4.13. The molecule has 7 nitrogen and oxygen atoms in total. The lowest BCUT2D eigenvalue weighted by atomic mass is 9.98. The van der Waals surface area contributed by atoms with E-state index in [1.165, 1.54) is 6.07 Å². The van der Waals surface area contributed by atoms with Crippen LogP contribution < -0.4 is 10.6 Å². The molecule has 0 heterocycles. The minimum atomic E-state index is -1.10. The quantitative estimate of drug-likeness (QED) is 0.439. The van der Waals surface area contributed by atoms with Crippen molar-refractivity contribution in [1.29, 1.82) is 0 Å². The summed E-state index contributed by atoms with van der Waals surface area (Å²) < 4.78 is 5.60. The number of carbonyl (C=O) groups excluding carboxylic acids is 2. The van der Waals surface area contributed by atoms with Gasteiger partial charge in [0, 0.05) is 17.2 Å². The van der Waals surface area contributed by atoms with Crippen LogP contribution in [0, 0.1) is 12.8 Å². The fourth-order valence-electron chi connectivity index (χ4n) is 4.38. The van der Waals surface area contributed by atoms with Crippen molar-refractivity contribution in [3.05, 3.63) is 89.0 Å². The molecule has 0 fully saturated rings. The van der Waals surface area contributed by atoms with Gasteiger partial charge in [0.25, 0.3) is 5.91 Å². The first-order valence-electron chi connectivity index (χ1n) is 11.5. The Morgan fingerprint density at radius 2 is 1.54 bits per heavy atom. The van der Waals surface area contributed by atoms with Gasteiger partial charge in [-0.2, -0.15) is 0 Å². The summed E-state index contributed by atoms with van der Waals surface area (Å²) in [5.74, 6) is -1.96. The number of anilines is 1. The van der Waals surface area contributed by atoms with Gasteiger partial charge in [-0.25, -0.2) is 9.59 Å². The Balaban J connectivity index is 1.45. The molecule has 0 saturated heterocycles. The molecule has 0 saturated carbocycles. The number of rotatable bonds is 7. The van der Waals surface area contributed by atoms with Gasteiger partial charge in [0.15, 0.2) is 0 Å². The number of aliphatic carboxylic acids is 1. The number of carboxylic acid groups (broad SMARTS) is 1. The third-order valence-electron chi connectivity index (χ3n) is 6.30. The van der Waals surface area contributed by atoms with E-state index in [2.05, 4.69) is 34.9 Å². The number of hydrogen-bond acceptors (Lipinski definition) is 4. The van der Waals surface area contributed by atoms with Gasteiger partial charge in [0.05, 0.1) is 0 Å². The highest BCUT2D eigenvalue weighted by atomic mass is 16.5. The average Bonchev–Trinajstić information content (AvgIpc) is 3.15. The molecular weight excluding hydrogens is 444 g/mol. The molecule has 3 aromatic rings. The number of benzene rings is 3. The van der Waals surface area contributed by atoms with Crippen LogP contribution in [0.2, 0.25) is 0 Å². The Morgan fingerprint density at radius 1 is 0.943 bits per heavy atom. The van der Waals surface area contributed by atoms with Gasteiger partial charge in [0.2, 0.25) is 0 Å². The average molecular weight is 473 g/mol. The lowest BCUT2D eigenvalue weighted by Gasteiger charge is -2.18. The van der Waals surface area contributed by atoms with Gasteiger partial charge in [0.1, 0.15) is 12.6 Å². The molecule has 7 heteroatoms. The Morgan fingerprint density at radius 3 is 2.11 bits per heavy atom. The molecule has 2 amide bonds. The van der Waals surface area contributed by atoms with E-state index in [1.54, 1.807) is 32.9 Å². The molecular formula is C28H28N2O5. The number of ether oxygens (including phenoxy) is 1. The zero-order valence-corrected chi connectivity index (χ0v) is 19.9. The van der Waals surface area contributed by atoms with Gasteiger partial charge in [-0.05, 0) is 52.8 Å². The van der Waals surface area contributed by atoms with Gasteiger partial charge < -0.3 is 15.2 Å². The fourth-order valence-corrected chi connectivity index (χ4v) is 4.38. The number of hydrogen-bond donors (Lipinski definition) is 3. The zero-order chi connectivity index (χ0) is 25.1. The van der Waals surface area contributed by atoms with Crippen molar-refractivity contribution in [3.63, 3.8) is 0 Å². The summed E-state index contributed by atoms with van der Waals surface area (Å²) in [6.45, 7) is 5.42. The topological polar surface area (TPSA) is 105 Å². The predicted molar refractivity (Wildman–Crippen MR) is 134 cm³/mol. The van der Waals surface area contributed by atoms with Crippen molar-refractivity contribution in [2.75, 3.05) is 11.9 Å². The smallest absolute Gasteiger partial charge is 0.411 e. The van der Waals surface area contributed by atoms with Gasteiger partial charge in [-0.15, -0.1) is 0 Å². The van der Waals surface area contributed by atoms with Crippen LogP contribution in [-0.4, -0.2) is 35.7 Å². The SMILES string of the molecule is Cc1ccc(C(=O)N[C@H](C(=O)O)C(C)C)cc1NC(=O)OCC1c2ccccc2-c2ccccc21. The molecule has 0 radical (unpaired) electrons. The highest BCUT2D eigenvalue weighted by molar-refractivity contribution is 5.98. The molecule has 3 N–H and O–H groups in total. The second-order valence-electron chi connectivity index (χ2n) is 9.01. The largest absolute Gasteiger partial charge is 0.480 e. The summed E-state index contributed by atoms with van der Waals surface area (Å²) in [5, 5.41) is 14.6. The highest BCUT2D eigenvalue weighted by Gasteiger charge is 2.29. The minimum Gasteiger partial charge on any atom is -0.480 e. The second kappa shape index (κ2) is 10.0. The Bertz CT molecular complexity index is 1240. The Kier molecular flexibility index (Phi) is 6.87. The number of nitrogens with one attached hydrogen (secondary N) is 2. The zero-order valence-electron chi connectivity index (χ0n) is 19.9. The summed E-state index contributed by atoms with van der Waals surface area (Å²) >= 11 is 0. The fraction of sp³-hybridized carbons (Fsp3) is 0.250. The monoisotopic (exact) mass is 472 g/mol. The highest BCUT2D eigenvalue weighted by Crippen LogP contribution is 2.44. The van der Waals surface area contributed by atoms with Crippen LogP contribution in [-0.2, 0) is 9.53 Å². The summed E-state index contributed by atoms with van der Waals surface area (Å²) in [7, 11) is 0. The number of amides is 2. The molecule has 1 aliphatic rings. The maximum absolute atomic E-state index is 12.7. The van der Waals surface area contributed by atoms with Crippen molar-refractivity contribution >= 4 is 23.7 Å². The van der Waals surface area contributed by atoms with E-state index in [9.17, 15) is 19.5 Å². The van der Waals surface area contributed by atoms with E-state index in [0.29, 0.717) is 5.69 Å². The van der Waals surface area contributed by atoms with E-state index in [-0.39, 0.29) is 24.0 Å². The molecule has 1 atom stereocenters. The van der Waals surface area contributed by atoms with Crippen LogP contribution >= 0.6 is 0 Å². The maximum atomic E-state index is 12.7. The van der Waals surface area contributed by atoms with E-state index < -0.39 is 24.0 Å². The van der Waals surface area contributed by atoms with Crippen LogP contribution in [0.25, 0.3) is 11.1 Å². The number of aryl methyl sites for hydroxylation is 1. The van der Waals surface area contributed by atoms with Crippen LogP contribution in [0.5, 0.6) is 0 Å². The maximum Gasteiger partial charge on any atom is 0.411 e. The molecule has 3 aromatic carbocycles. The molecule has 0 unspecified atom stereocenters. The standard InChI is InChI=1S/C28H28N2O5/c1-16(2)25(27(32)33)30-26(31)18-13-12-17(3)24(14-18)29-28(34)35-15-23-21-10-6-4-8-19(21)20-9-5-7-11-22(20)23/h4-14,16,23,25H,15H2,1-3H3,(H,29,34)(H,30,31)(H,32,33)/t25-/m0/s1. The van der Waals surface area contributed by atoms with Crippen LogP contribution in [0.4, 0.5) is 10.5 Å². The lowest BCUT2D eigenvalue weighted by Crippen LogP contribution is -2.44. The van der Waals surface area contributed by atoms with E-state index in [4.69, 9.17) is 4.74 Å². The van der Waals surface area contributed by atoms with Crippen LogP contribution in [0.3, 0.4) is 0 Å². The molecule has 4 rings (SSSR count). The number of carbonyl (C=O) groups is 3. The minimum absolute atomic E-state index is 0.0599. The van der Waals surface area contributed by atoms with Gasteiger partial charge >= 0.3 is 12.1 Å². The predicted octanol–water partition coefficient (Wildman–Crippen LogP) is 5.20. The lowest BCUT2D eigenvalue weighted by molar-refractivity contribution is -0.140.